The van der Waals surface area contributed by atoms with Gasteiger partial charge in [-0.25, -0.2) is 4.79 Å². The summed E-state index contributed by atoms with van der Waals surface area (Å²) in [6.45, 7) is 8.04. The van der Waals surface area contributed by atoms with Crippen LogP contribution in [0.3, 0.4) is 0 Å². The molecule has 1 aromatic carbocycles. The van der Waals surface area contributed by atoms with Gasteiger partial charge in [-0.05, 0) is 49.9 Å². The van der Waals surface area contributed by atoms with E-state index in [1.807, 2.05) is 32.9 Å². The van der Waals surface area contributed by atoms with Crippen LogP contribution in [-0.2, 0) is 16.0 Å². The normalized spacial score (nSPS) is 11.8. The van der Waals surface area contributed by atoms with Gasteiger partial charge in [0.15, 0.2) is 0 Å². The van der Waals surface area contributed by atoms with Crippen molar-refractivity contribution in [1.82, 2.24) is 0 Å². The molecule has 0 N–H and O–H groups in total. The van der Waals surface area contributed by atoms with Crippen molar-refractivity contribution in [3.8, 4) is 0 Å². The van der Waals surface area contributed by atoms with Gasteiger partial charge in [-0.3, -0.25) is 4.79 Å². The predicted octanol–water partition coefficient (Wildman–Crippen LogP) is 4.31. The molecule has 0 aliphatic rings. The summed E-state index contributed by atoms with van der Waals surface area (Å²) in [5, 5.41) is 0.664. The van der Waals surface area contributed by atoms with E-state index < -0.39 is 0 Å². The summed E-state index contributed by atoms with van der Waals surface area (Å²) in [4.78, 5) is 21.9. The second-order valence-electron chi connectivity index (χ2n) is 5.38. The van der Waals surface area contributed by atoms with Gasteiger partial charge in [-0.1, -0.05) is 27.2 Å². The third kappa shape index (κ3) is 5.51. The molecule has 3 aromatic rings. The summed E-state index contributed by atoms with van der Waals surface area (Å²) in [5.41, 5.74) is 1.61. The van der Waals surface area contributed by atoms with E-state index in [2.05, 4.69) is 6.92 Å². The second-order valence-corrected chi connectivity index (χ2v) is 5.38. The minimum absolute atomic E-state index is 0.0544. The van der Waals surface area contributed by atoms with Crippen molar-refractivity contribution >= 4 is 16.9 Å². The Kier molecular flexibility index (Phi) is 7.64. The molecule has 4 nitrogen and oxygen atoms in total. The van der Waals surface area contributed by atoms with Crippen LogP contribution in [0.4, 0.5) is 0 Å². The summed E-state index contributed by atoms with van der Waals surface area (Å²) in [6, 6.07) is 5.52. The molecule has 22 heavy (non-hydrogen) atoms. The molecule has 2 aromatic heterocycles. The highest BCUT2D eigenvalue weighted by molar-refractivity contribution is 5.69. The summed E-state index contributed by atoms with van der Waals surface area (Å²) in [5.74, 6) is -0.0544. The number of benzene rings is 1. The zero-order valence-electron chi connectivity index (χ0n) is 14.0. The second kappa shape index (κ2) is 9.23. The van der Waals surface area contributed by atoms with Crippen LogP contribution in [0.15, 0.2) is 27.4 Å². The number of aryl methyl sites for hydroxylation is 1. The van der Waals surface area contributed by atoms with Gasteiger partial charge >= 0.3 is 11.6 Å². The Morgan fingerprint density at radius 2 is 2.00 bits per heavy atom. The quantitative estimate of drug-likeness (QED) is 0.746. The topological polar surface area (TPSA) is 56.5 Å². The minimum Gasteiger partial charge on any atom is -0.463 e. The van der Waals surface area contributed by atoms with Crippen molar-refractivity contribution in [2.24, 2.45) is 0 Å². The number of carbonyl (C=O) groups is 1. The van der Waals surface area contributed by atoms with E-state index in [-0.39, 0.29) is 17.7 Å². The first-order valence-electron chi connectivity index (χ1n) is 8.06. The first-order valence-corrected chi connectivity index (χ1v) is 8.06. The van der Waals surface area contributed by atoms with Gasteiger partial charge in [0.2, 0.25) is 0 Å². The van der Waals surface area contributed by atoms with Crippen molar-refractivity contribution in [1.29, 1.82) is 0 Å². The number of fused-ring (bicyclic) bond motifs is 3. The summed E-state index contributed by atoms with van der Waals surface area (Å²) in [7, 11) is 0. The van der Waals surface area contributed by atoms with Crippen molar-refractivity contribution < 1.29 is 13.9 Å². The van der Waals surface area contributed by atoms with Gasteiger partial charge in [0.1, 0.15) is 5.58 Å². The minimum atomic E-state index is -0.222. The maximum atomic E-state index is 10.9. The molecule has 122 valence electrons. The van der Waals surface area contributed by atoms with Gasteiger partial charge in [0.05, 0.1) is 11.5 Å². The lowest BCUT2D eigenvalue weighted by atomic mass is 10.1. The molecule has 0 aliphatic carbocycles. The van der Waals surface area contributed by atoms with Crippen LogP contribution in [-0.4, -0.2) is 12.1 Å². The Labute approximate surface area is 131 Å². The number of ether oxygens (including phenoxy) is 1. The van der Waals surface area contributed by atoms with Gasteiger partial charge in [-0.15, -0.1) is 0 Å². The van der Waals surface area contributed by atoms with Gasteiger partial charge < -0.3 is 9.15 Å². The van der Waals surface area contributed by atoms with Crippen LogP contribution in [0.2, 0.25) is 0 Å². The van der Waals surface area contributed by atoms with E-state index in [1.54, 1.807) is 6.07 Å². The molecule has 1 unspecified atom stereocenters. The van der Waals surface area contributed by atoms with E-state index in [1.165, 1.54) is 0 Å². The highest BCUT2D eigenvalue weighted by Crippen LogP contribution is 2.14. The van der Waals surface area contributed by atoms with Gasteiger partial charge in [-0.2, -0.15) is 0 Å². The number of esters is 1. The molecule has 0 radical (unpaired) electrons. The van der Waals surface area contributed by atoms with E-state index in [0.29, 0.717) is 17.4 Å². The molecule has 1 atom stereocenters. The number of rotatable bonds is 6. The Morgan fingerprint density at radius 3 is 2.45 bits per heavy atom. The first-order chi connectivity index (χ1) is 10.5. The molecule has 2 bridgehead atoms. The maximum absolute atomic E-state index is 10.9. The Hall–Kier alpha value is -1.84. The van der Waals surface area contributed by atoms with Crippen molar-refractivity contribution in [3.63, 3.8) is 0 Å². The lowest BCUT2D eigenvalue weighted by Gasteiger charge is -2.09. The zero-order chi connectivity index (χ0) is 16.5. The van der Waals surface area contributed by atoms with Crippen LogP contribution < -0.4 is 5.63 Å². The van der Waals surface area contributed by atoms with Gasteiger partial charge in [0, 0.05) is 6.42 Å². The first kappa shape index (κ1) is 18.2. The molecule has 0 fully saturated rings. The smallest absolute Gasteiger partial charge is 0.343 e. The Bertz CT molecular complexity index is 614. The maximum Gasteiger partial charge on any atom is 0.343 e. The third-order valence-corrected chi connectivity index (χ3v) is 3.52. The van der Waals surface area contributed by atoms with Crippen molar-refractivity contribution in [3.05, 3.63) is 34.2 Å². The summed E-state index contributed by atoms with van der Waals surface area (Å²) in [6.07, 6.45) is 4.46. The molecule has 0 saturated carbocycles. The fourth-order valence-corrected chi connectivity index (χ4v) is 1.93. The highest BCUT2D eigenvalue weighted by Gasteiger charge is 2.06. The van der Waals surface area contributed by atoms with Crippen molar-refractivity contribution in [2.45, 2.75) is 65.9 Å². The predicted molar refractivity (Wildman–Crippen MR) is 88.4 cm³/mol. The molecule has 0 amide bonds. The van der Waals surface area contributed by atoms with Gasteiger partial charge in [0.25, 0.3) is 0 Å². The number of unbranched alkanes of at least 4 members (excludes halogenated alkanes) is 1. The Balaban J connectivity index is 0.000000220. The lowest BCUT2D eigenvalue weighted by molar-refractivity contribution is -0.148. The van der Waals surface area contributed by atoms with E-state index in [0.717, 1.165) is 31.2 Å². The summed E-state index contributed by atoms with van der Waals surface area (Å²) >= 11 is 0. The van der Waals surface area contributed by atoms with E-state index >= 15 is 0 Å². The van der Waals surface area contributed by atoms with Crippen LogP contribution in [0.1, 0.15) is 58.9 Å². The fraction of sp³-hybridized carbons (Fsp3) is 0.556. The molecular formula is C18H26O4. The standard InChI is InChI=1S/C9H8O2.C9H18O2/c1-2-6-5-7-3-4-8(6)11-9(7)10;1-4-6-7-9(10)11-8(3)5-2/h3-5H,2H2,1H3;8H,4-7H2,1-3H3. The van der Waals surface area contributed by atoms with E-state index in [4.69, 9.17) is 9.15 Å². The molecular weight excluding hydrogens is 280 g/mol. The van der Waals surface area contributed by atoms with Crippen LogP contribution in [0.5, 0.6) is 0 Å². The molecule has 4 heteroatoms. The Morgan fingerprint density at radius 1 is 1.27 bits per heavy atom. The SMILES string of the molecule is CCCCC(=O)OC(C)CC.CCc1cc2ccc1oc2=O. The summed E-state index contributed by atoms with van der Waals surface area (Å²) < 4.78 is 10.0. The van der Waals surface area contributed by atoms with Crippen LogP contribution in [0, 0.1) is 0 Å². The number of hydrogen-bond donors (Lipinski definition) is 0. The molecule has 0 spiro atoms. The van der Waals surface area contributed by atoms with Crippen molar-refractivity contribution in [2.75, 3.05) is 0 Å². The van der Waals surface area contributed by atoms with E-state index in [9.17, 15) is 9.59 Å². The average molecular weight is 306 g/mol. The monoisotopic (exact) mass is 306 g/mol. The fourth-order valence-electron chi connectivity index (χ4n) is 1.93. The zero-order valence-corrected chi connectivity index (χ0v) is 14.0. The number of carbonyl (C=O) groups excluding carboxylic acids is 1. The lowest BCUT2D eigenvalue weighted by Crippen LogP contribution is -2.13. The van der Waals surface area contributed by atoms with Crippen LogP contribution >= 0.6 is 0 Å². The molecule has 0 aliphatic heterocycles. The average Bonchev–Trinajstić information content (AvgIpc) is 2.53. The third-order valence-electron chi connectivity index (χ3n) is 3.52. The molecule has 3 rings (SSSR count). The largest absolute Gasteiger partial charge is 0.463 e. The van der Waals surface area contributed by atoms with Crippen LogP contribution in [0.25, 0.3) is 11.0 Å². The highest BCUT2D eigenvalue weighted by atomic mass is 16.5. The molecule has 0 saturated heterocycles. The molecule has 2 heterocycles. The number of hydrogen-bond acceptors (Lipinski definition) is 4.